The first-order valence-electron chi connectivity index (χ1n) is 3.03. The minimum atomic E-state index is -0.277. The molecule has 1 aromatic rings. The standard InChI is InChI=1S/C6H4N3OS/c10-6-5(11-3-7-6)4-1-2-8-9-4/h1-2,5H,(H,8,9). The summed E-state index contributed by atoms with van der Waals surface area (Å²) in [4.78, 5) is 14.5. The van der Waals surface area contributed by atoms with Crippen molar-refractivity contribution in [1.29, 1.82) is 0 Å². The van der Waals surface area contributed by atoms with Crippen molar-refractivity contribution in [1.82, 2.24) is 10.2 Å². The summed E-state index contributed by atoms with van der Waals surface area (Å²) in [7, 11) is 0. The number of aromatic amines is 1. The highest BCUT2D eigenvalue weighted by Gasteiger charge is 2.26. The Bertz CT molecular complexity index is 293. The van der Waals surface area contributed by atoms with E-state index in [1.54, 1.807) is 12.3 Å². The van der Waals surface area contributed by atoms with Crippen LogP contribution in [-0.2, 0) is 4.79 Å². The number of carbonyl (C=O) groups excluding carboxylic acids is 1. The first-order valence-corrected chi connectivity index (χ1v) is 3.91. The van der Waals surface area contributed by atoms with Crippen LogP contribution in [0.25, 0.3) is 0 Å². The third-order valence-electron chi connectivity index (χ3n) is 1.34. The second-order valence-corrected chi connectivity index (χ2v) is 2.93. The highest BCUT2D eigenvalue weighted by molar-refractivity contribution is 8.13. The molecule has 0 aliphatic carbocycles. The zero-order valence-corrected chi connectivity index (χ0v) is 6.26. The van der Waals surface area contributed by atoms with Crippen LogP contribution in [0.2, 0.25) is 0 Å². The minimum Gasteiger partial charge on any atom is -0.285 e. The molecule has 1 aliphatic heterocycles. The molecule has 1 amide bonds. The molecule has 1 aliphatic rings. The Hall–Kier alpha value is -1.10. The molecule has 0 fully saturated rings. The Balaban J connectivity index is 2.26. The summed E-state index contributed by atoms with van der Waals surface area (Å²) in [6.07, 6.45) is 1.68. The number of H-pyrrole nitrogens is 1. The minimum absolute atomic E-state index is 0.179. The molecule has 11 heavy (non-hydrogen) atoms. The van der Waals surface area contributed by atoms with E-state index in [4.69, 9.17) is 0 Å². The van der Waals surface area contributed by atoms with Crippen LogP contribution >= 0.6 is 11.8 Å². The van der Waals surface area contributed by atoms with E-state index < -0.39 is 0 Å². The second-order valence-electron chi connectivity index (χ2n) is 2.04. The third-order valence-corrected chi connectivity index (χ3v) is 2.22. The van der Waals surface area contributed by atoms with Gasteiger partial charge in [-0.3, -0.25) is 9.89 Å². The van der Waals surface area contributed by atoms with Gasteiger partial charge >= 0.3 is 0 Å². The molecule has 2 heterocycles. The van der Waals surface area contributed by atoms with Gasteiger partial charge in [-0.15, -0.1) is 0 Å². The van der Waals surface area contributed by atoms with E-state index in [2.05, 4.69) is 20.7 Å². The van der Waals surface area contributed by atoms with Gasteiger partial charge in [0.1, 0.15) is 10.8 Å². The Kier molecular flexibility index (Phi) is 1.50. The molecule has 0 spiro atoms. The molecule has 1 atom stereocenters. The van der Waals surface area contributed by atoms with Gasteiger partial charge in [-0.1, -0.05) is 11.8 Å². The van der Waals surface area contributed by atoms with Crippen LogP contribution in [0.5, 0.6) is 0 Å². The SMILES string of the molecule is O=C1N=[C]SC1c1cc[nH]n1. The van der Waals surface area contributed by atoms with Crippen molar-refractivity contribution in [3.8, 4) is 0 Å². The number of amides is 1. The molecular formula is C6H4N3OS. The summed E-state index contributed by atoms with van der Waals surface area (Å²) in [6, 6.07) is 1.76. The predicted octanol–water partition coefficient (Wildman–Crippen LogP) is 0.629. The quantitative estimate of drug-likeness (QED) is 0.665. The molecule has 0 bridgehead atoms. The van der Waals surface area contributed by atoms with Gasteiger partial charge in [-0.05, 0) is 6.07 Å². The van der Waals surface area contributed by atoms with Crippen LogP contribution in [0.15, 0.2) is 17.3 Å². The molecule has 1 radical (unpaired) electrons. The van der Waals surface area contributed by atoms with Crippen molar-refractivity contribution in [2.24, 2.45) is 4.99 Å². The van der Waals surface area contributed by atoms with E-state index in [9.17, 15) is 4.79 Å². The van der Waals surface area contributed by atoms with Gasteiger partial charge in [-0.2, -0.15) is 5.10 Å². The molecule has 1 unspecified atom stereocenters. The molecule has 5 heteroatoms. The van der Waals surface area contributed by atoms with Crippen molar-refractivity contribution in [2.75, 3.05) is 0 Å². The van der Waals surface area contributed by atoms with Crippen molar-refractivity contribution >= 4 is 23.2 Å². The van der Waals surface area contributed by atoms with Crippen LogP contribution in [-0.4, -0.2) is 21.7 Å². The fourth-order valence-corrected chi connectivity index (χ4v) is 1.49. The predicted molar refractivity (Wildman–Crippen MR) is 41.4 cm³/mol. The monoisotopic (exact) mass is 166 g/mol. The molecule has 1 aromatic heterocycles. The average molecular weight is 166 g/mol. The number of nitrogens with one attached hydrogen (secondary N) is 1. The van der Waals surface area contributed by atoms with Crippen LogP contribution in [0, 0.1) is 0 Å². The zero-order chi connectivity index (χ0) is 7.68. The lowest BCUT2D eigenvalue weighted by atomic mass is 10.3. The van der Waals surface area contributed by atoms with Crippen molar-refractivity contribution in [3.63, 3.8) is 0 Å². The number of aromatic nitrogens is 2. The van der Waals surface area contributed by atoms with Gasteiger partial charge in [0.15, 0.2) is 0 Å². The number of carbonyl (C=O) groups is 1. The molecule has 55 valence electrons. The number of hydrogen-bond donors (Lipinski definition) is 1. The third kappa shape index (κ3) is 1.07. The Morgan fingerprint density at radius 2 is 2.64 bits per heavy atom. The second kappa shape index (κ2) is 2.50. The van der Waals surface area contributed by atoms with Gasteiger partial charge in [0.05, 0.1) is 5.69 Å². The molecular weight excluding hydrogens is 162 g/mol. The number of aliphatic imine (C=N–C) groups is 1. The summed E-state index contributed by atoms with van der Waals surface area (Å²) >= 11 is 1.26. The summed E-state index contributed by atoms with van der Waals surface area (Å²) in [5.74, 6) is -0.179. The number of thioether (sulfide) groups is 1. The van der Waals surface area contributed by atoms with Crippen LogP contribution in [0.3, 0.4) is 0 Å². The summed E-state index contributed by atoms with van der Waals surface area (Å²) in [5, 5.41) is 6.25. The fraction of sp³-hybridized carbons (Fsp3) is 0.167. The molecule has 1 N–H and O–H groups in total. The molecule has 2 rings (SSSR count). The summed E-state index contributed by atoms with van der Waals surface area (Å²) in [6.45, 7) is 0. The van der Waals surface area contributed by atoms with Gasteiger partial charge in [0.2, 0.25) is 0 Å². The number of rotatable bonds is 1. The van der Waals surface area contributed by atoms with Gasteiger partial charge in [-0.25, -0.2) is 4.99 Å². The van der Waals surface area contributed by atoms with E-state index in [0.29, 0.717) is 5.69 Å². The van der Waals surface area contributed by atoms with E-state index >= 15 is 0 Å². The average Bonchev–Trinajstić information content (AvgIpc) is 2.55. The topological polar surface area (TPSA) is 58.1 Å². The first kappa shape index (κ1) is 6.60. The largest absolute Gasteiger partial charge is 0.285 e. The lowest BCUT2D eigenvalue weighted by Gasteiger charge is -1.97. The molecule has 0 saturated heterocycles. The normalized spacial score (nSPS) is 22.9. The number of nitrogens with zero attached hydrogens (tertiary/aromatic N) is 2. The van der Waals surface area contributed by atoms with Gasteiger partial charge in [0, 0.05) is 6.20 Å². The van der Waals surface area contributed by atoms with Crippen LogP contribution in [0.4, 0.5) is 0 Å². The van der Waals surface area contributed by atoms with Crippen molar-refractivity contribution in [3.05, 3.63) is 18.0 Å². The maximum atomic E-state index is 11.0. The van der Waals surface area contributed by atoms with Gasteiger partial charge < -0.3 is 0 Å². The first-order chi connectivity index (χ1) is 5.38. The molecule has 4 nitrogen and oxygen atoms in total. The Morgan fingerprint density at radius 1 is 1.73 bits per heavy atom. The maximum absolute atomic E-state index is 11.0. The highest BCUT2D eigenvalue weighted by atomic mass is 32.2. The fourth-order valence-electron chi connectivity index (χ4n) is 0.838. The summed E-state index contributed by atoms with van der Waals surface area (Å²) in [5.41, 5.74) is 3.27. The zero-order valence-electron chi connectivity index (χ0n) is 5.44. The molecule has 0 saturated carbocycles. The lowest BCUT2D eigenvalue weighted by Crippen LogP contribution is -2.01. The maximum Gasteiger partial charge on any atom is 0.266 e. The smallest absolute Gasteiger partial charge is 0.266 e. The Labute approximate surface area is 67.1 Å². The molecule has 0 aromatic carbocycles. The van der Waals surface area contributed by atoms with Crippen LogP contribution < -0.4 is 0 Å². The highest BCUT2D eigenvalue weighted by Crippen LogP contribution is 2.30. The van der Waals surface area contributed by atoms with E-state index in [0.717, 1.165) is 0 Å². The lowest BCUT2D eigenvalue weighted by molar-refractivity contribution is -0.117. The van der Waals surface area contributed by atoms with E-state index in [-0.39, 0.29) is 11.2 Å². The van der Waals surface area contributed by atoms with E-state index in [1.165, 1.54) is 11.8 Å². The number of hydrogen-bond acceptors (Lipinski definition) is 3. The van der Waals surface area contributed by atoms with Gasteiger partial charge in [0.25, 0.3) is 5.91 Å². The van der Waals surface area contributed by atoms with Crippen molar-refractivity contribution in [2.45, 2.75) is 5.25 Å². The van der Waals surface area contributed by atoms with Crippen LogP contribution in [0.1, 0.15) is 10.9 Å². The van der Waals surface area contributed by atoms with Crippen molar-refractivity contribution < 1.29 is 4.79 Å². The van der Waals surface area contributed by atoms with E-state index in [1.807, 2.05) is 0 Å². The Morgan fingerprint density at radius 3 is 3.18 bits per heavy atom. The summed E-state index contributed by atoms with van der Waals surface area (Å²) < 4.78 is 0.